The number of rotatable bonds is 14. The molecule has 0 aromatic heterocycles. The van der Waals surface area contributed by atoms with E-state index < -0.39 is 19.9 Å². The topological polar surface area (TPSA) is 24.4 Å². The molecule has 0 heterocycles. The highest BCUT2D eigenvalue weighted by atomic mass is 27.2. The van der Waals surface area contributed by atoms with E-state index in [-0.39, 0.29) is 0 Å². The maximum atomic E-state index is 5.11. The smallest absolute Gasteiger partial charge is 0.409 e. The quantitative estimate of drug-likeness (QED) is 0.103. The molecular formula is C33H45AlN2. The van der Waals surface area contributed by atoms with Crippen LogP contribution in [0.2, 0.25) is 10.6 Å². The number of hydrogen-bond acceptors (Lipinski definition) is 2. The van der Waals surface area contributed by atoms with Crippen molar-refractivity contribution in [3.05, 3.63) is 108 Å². The Hall–Kier alpha value is -2.18. The van der Waals surface area contributed by atoms with Gasteiger partial charge in [0.2, 0.25) is 0 Å². The Kier molecular flexibility index (Phi) is 11.5. The van der Waals surface area contributed by atoms with E-state index in [1.807, 2.05) is 0 Å². The van der Waals surface area contributed by atoms with Crippen LogP contribution in [-0.2, 0) is 5.54 Å². The minimum Gasteiger partial charge on any atom is -0.409 e. The van der Waals surface area contributed by atoms with Gasteiger partial charge in [-0.3, -0.25) is 5.32 Å². The summed E-state index contributed by atoms with van der Waals surface area (Å²) in [5.74, 6) is 1.51. The van der Waals surface area contributed by atoms with Crippen molar-refractivity contribution in [1.29, 1.82) is 0 Å². The summed E-state index contributed by atoms with van der Waals surface area (Å²) in [6.45, 7) is 11.7. The van der Waals surface area contributed by atoms with E-state index in [2.05, 4.69) is 137 Å². The van der Waals surface area contributed by atoms with Gasteiger partial charge < -0.3 is 3.98 Å². The average Bonchev–Trinajstić information content (AvgIpc) is 2.88. The van der Waals surface area contributed by atoms with E-state index in [1.165, 1.54) is 27.3 Å². The normalized spacial score (nSPS) is 13.0. The first-order valence-corrected chi connectivity index (χ1v) is 16.0. The van der Waals surface area contributed by atoms with Crippen molar-refractivity contribution in [3.8, 4) is 0 Å². The zero-order valence-electron chi connectivity index (χ0n) is 23.0. The molecule has 3 heteroatoms. The van der Waals surface area contributed by atoms with Crippen LogP contribution in [0.1, 0.15) is 70.6 Å². The molecular weight excluding hydrogens is 451 g/mol. The summed E-state index contributed by atoms with van der Waals surface area (Å²) in [5.41, 5.74) is 3.41. The molecule has 2 nitrogen and oxygen atoms in total. The Labute approximate surface area is 224 Å². The van der Waals surface area contributed by atoms with Crippen LogP contribution in [-0.4, -0.2) is 26.6 Å². The lowest BCUT2D eigenvalue weighted by molar-refractivity contribution is 0.387. The molecule has 1 unspecified atom stereocenters. The first-order chi connectivity index (χ1) is 17.4. The number of benzene rings is 3. The molecule has 0 amide bonds. The van der Waals surface area contributed by atoms with Gasteiger partial charge in [-0.05, 0) is 49.1 Å². The second kappa shape index (κ2) is 14.5. The third-order valence-electron chi connectivity index (χ3n) is 6.86. The van der Waals surface area contributed by atoms with E-state index in [0.29, 0.717) is 6.04 Å². The minimum absolute atomic E-state index is 0.346. The van der Waals surface area contributed by atoms with Crippen molar-refractivity contribution >= 4 is 20.6 Å². The molecule has 0 aliphatic carbocycles. The van der Waals surface area contributed by atoms with Crippen LogP contribution < -0.4 is 5.32 Å². The molecule has 190 valence electrons. The van der Waals surface area contributed by atoms with Crippen molar-refractivity contribution in [1.82, 2.24) is 5.32 Å². The highest BCUT2D eigenvalue weighted by molar-refractivity contribution is 6.58. The fraction of sp³-hybridized carbons (Fsp3) is 0.424. The highest BCUT2D eigenvalue weighted by Crippen LogP contribution is 2.37. The van der Waals surface area contributed by atoms with Gasteiger partial charge >= 0.3 is 14.4 Å². The Morgan fingerprint density at radius 1 is 0.694 bits per heavy atom. The summed E-state index contributed by atoms with van der Waals surface area (Å²) in [6.07, 6.45) is 5.59. The Bertz CT molecular complexity index is 909. The van der Waals surface area contributed by atoms with Crippen LogP contribution in [0.25, 0.3) is 0 Å². The van der Waals surface area contributed by atoms with Gasteiger partial charge in [-0.1, -0.05) is 141 Å². The lowest BCUT2D eigenvalue weighted by atomic mass is 9.76. The SMILES string of the molecule is CC(C)[CH2][Al]([CH2]C(C)C)/[N]=C/CCCC(C)NC(c1ccccc1)(c1ccccc1)c1ccccc1. The maximum Gasteiger partial charge on any atom is 0.435 e. The number of nitrogens with one attached hydrogen (secondary N) is 1. The van der Waals surface area contributed by atoms with Gasteiger partial charge in [0.1, 0.15) is 0 Å². The average molecular weight is 497 g/mol. The van der Waals surface area contributed by atoms with Crippen LogP contribution in [0.4, 0.5) is 0 Å². The molecule has 0 spiro atoms. The Morgan fingerprint density at radius 3 is 1.50 bits per heavy atom. The zero-order chi connectivity index (χ0) is 25.8. The van der Waals surface area contributed by atoms with Crippen LogP contribution in [0.15, 0.2) is 95.0 Å². The number of unbranched alkanes of at least 4 members (excludes halogenated alkanes) is 1. The summed E-state index contributed by atoms with van der Waals surface area (Å²) < 4.78 is 5.11. The van der Waals surface area contributed by atoms with Gasteiger partial charge in [-0.15, -0.1) is 0 Å². The van der Waals surface area contributed by atoms with Crippen molar-refractivity contribution in [3.63, 3.8) is 0 Å². The van der Waals surface area contributed by atoms with Crippen molar-refractivity contribution in [2.45, 2.75) is 76.0 Å². The molecule has 3 aromatic carbocycles. The van der Waals surface area contributed by atoms with Gasteiger partial charge in [-0.2, -0.15) is 0 Å². The Balaban J connectivity index is 1.77. The van der Waals surface area contributed by atoms with E-state index in [0.717, 1.165) is 31.1 Å². The molecule has 0 aliphatic rings. The van der Waals surface area contributed by atoms with Crippen molar-refractivity contribution in [2.75, 3.05) is 0 Å². The molecule has 3 aromatic rings. The molecule has 0 saturated heterocycles. The van der Waals surface area contributed by atoms with Crippen LogP contribution in [0.3, 0.4) is 0 Å². The molecule has 0 aliphatic heterocycles. The van der Waals surface area contributed by atoms with E-state index in [4.69, 9.17) is 3.98 Å². The fourth-order valence-corrected chi connectivity index (χ4v) is 8.36. The molecule has 36 heavy (non-hydrogen) atoms. The van der Waals surface area contributed by atoms with E-state index in [1.54, 1.807) is 0 Å². The molecule has 0 radical (unpaired) electrons. The fourth-order valence-electron chi connectivity index (χ4n) is 5.30. The molecule has 0 saturated carbocycles. The standard InChI is InChI=1S/C25H27N2.2C4H9.Al/c1-21(13-11-12-20-26)27-25(22-14-5-2-6-15-22,23-16-7-3-8-17-23)24-18-9-4-10-19-24;2*1-4(2)3;/h2-10,14-21,27H,11-13H2,1H3;2*4H,1H2,2-3H3;/q-1;;;+1. The summed E-state index contributed by atoms with van der Waals surface area (Å²) in [6, 6.07) is 33.0. The van der Waals surface area contributed by atoms with E-state index in [9.17, 15) is 0 Å². The van der Waals surface area contributed by atoms with Gasteiger partial charge in [0, 0.05) is 6.04 Å². The van der Waals surface area contributed by atoms with Crippen LogP contribution in [0, 0.1) is 11.8 Å². The summed E-state index contributed by atoms with van der Waals surface area (Å²) in [5, 5.41) is 6.74. The van der Waals surface area contributed by atoms with Crippen molar-refractivity contribution < 1.29 is 0 Å². The monoisotopic (exact) mass is 496 g/mol. The molecule has 3 rings (SSSR count). The van der Waals surface area contributed by atoms with Gasteiger partial charge in [0.25, 0.3) is 0 Å². The van der Waals surface area contributed by atoms with Crippen LogP contribution >= 0.6 is 0 Å². The lowest BCUT2D eigenvalue weighted by Gasteiger charge is -2.39. The lowest BCUT2D eigenvalue weighted by Crippen LogP contribution is -2.48. The highest BCUT2D eigenvalue weighted by Gasteiger charge is 2.37. The predicted octanol–water partition coefficient (Wildman–Crippen LogP) is 8.50. The molecule has 1 N–H and O–H groups in total. The van der Waals surface area contributed by atoms with E-state index >= 15 is 0 Å². The van der Waals surface area contributed by atoms with Gasteiger partial charge in [-0.25, -0.2) is 0 Å². The minimum atomic E-state index is -1.02. The molecule has 0 fully saturated rings. The first kappa shape index (κ1) is 28.4. The second-order valence-corrected chi connectivity index (χ2v) is 13.6. The number of hydrogen-bond donors (Lipinski definition) is 1. The molecule has 1 atom stereocenters. The third-order valence-corrected chi connectivity index (χ3v) is 10.5. The summed E-state index contributed by atoms with van der Waals surface area (Å²) in [7, 11) is 0. The largest absolute Gasteiger partial charge is 0.435 e. The molecule has 0 bridgehead atoms. The second-order valence-electron chi connectivity index (χ2n) is 11.1. The van der Waals surface area contributed by atoms with Crippen molar-refractivity contribution in [2.24, 2.45) is 15.8 Å². The summed E-state index contributed by atoms with van der Waals surface area (Å²) in [4.78, 5) is 0. The van der Waals surface area contributed by atoms with Gasteiger partial charge in [0.15, 0.2) is 0 Å². The first-order valence-electron chi connectivity index (χ1n) is 13.9. The Morgan fingerprint density at radius 2 is 1.11 bits per heavy atom. The zero-order valence-corrected chi connectivity index (χ0v) is 24.2. The summed E-state index contributed by atoms with van der Waals surface area (Å²) >= 11 is -1.02. The number of nitrogens with zero attached hydrogens (tertiary/aromatic N) is 1. The van der Waals surface area contributed by atoms with Crippen LogP contribution in [0.5, 0.6) is 0 Å². The third kappa shape index (κ3) is 8.17. The predicted molar refractivity (Wildman–Crippen MR) is 159 cm³/mol. The van der Waals surface area contributed by atoms with Gasteiger partial charge in [0.05, 0.1) is 5.54 Å². The maximum absolute atomic E-state index is 5.11.